The van der Waals surface area contributed by atoms with E-state index in [0.29, 0.717) is 0 Å². The van der Waals surface area contributed by atoms with E-state index in [4.69, 9.17) is 4.99 Å². The number of hydrazine groups is 1. The van der Waals surface area contributed by atoms with Gasteiger partial charge < -0.3 is 9.13 Å². The van der Waals surface area contributed by atoms with Gasteiger partial charge in [0.1, 0.15) is 12.0 Å². The lowest BCUT2D eigenvalue weighted by Crippen LogP contribution is -2.28. The zero-order chi connectivity index (χ0) is 41.6. The molecule has 0 spiro atoms. The Morgan fingerprint density at radius 2 is 0.857 bits per heavy atom. The maximum Gasteiger partial charge on any atom is 0.157 e. The molecule has 3 unspecified atom stereocenters. The van der Waals surface area contributed by atoms with Crippen LogP contribution in [-0.2, 0) is 5.66 Å². The van der Waals surface area contributed by atoms with Gasteiger partial charge in [-0.25, -0.2) is 4.99 Å². The lowest BCUT2D eigenvalue weighted by Gasteiger charge is -2.25. The van der Waals surface area contributed by atoms with Gasteiger partial charge in [-0.2, -0.15) is 5.01 Å². The molecular weight excluding hydrogens is 767 g/mol. The Bertz CT molecular complexity index is 3590. The molecule has 0 bridgehead atoms. The van der Waals surface area contributed by atoms with E-state index < -0.39 is 5.66 Å². The number of amidine groups is 1. The molecule has 4 heterocycles. The summed E-state index contributed by atoms with van der Waals surface area (Å²) >= 11 is 0. The lowest BCUT2D eigenvalue weighted by atomic mass is 9.98. The molecule has 2 aromatic heterocycles. The van der Waals surface area contributed by atoms with E-state index in [1.807, 2.05) is 0 Å². The number of benzene rings is 9. The molecule has 0 radical (unpaired) electrons. The molecule has 5 heteroatoms. The van der Waals surface area contributed by atoms with E-state index in [2.05, 4.69) is 251 Å². The van der Waals surface area contributed by atoms with Crippen molar-refractivity contribution in [2.75, 3.05) is 0 Å². The standard InChI is InChI=1S/C58H41N5/c1-58(59-56(41-16-5-2-6-17-41)62-57(63(58)62)42-18-7-3-8-19-42)45-20-15-23-47(38-45)61-53-27-14-12-25-49(53)51-37-44(33-35-55(51)61)40-30-28-39(29-31-40)43-32-34-54-50(36-43)48-24-11-13-26-52(48)60(54)46-21-9-4-10-22-46/h2-38,57H,1H3. The quantitative estimate of drug-likeness (QED) is 0.150. The zero-order valence-electron chi connectivity index (χ0n) is 34.7. The molecule has 9 aromatic carbocycles. The number of fused-ring (bicyclic) bond motifs is 7. The van der Waals surface area contributed by atoms with Crippen molar-refractivity contribution in [2.45, 2.75) is 18.8 Å². The first kappa shape index (κ1) is 35.7. The van der Waals surface area contributed by atoms with Crippen molar-refractivity contribution in [1.82, 2.24) is 19.2 Å². The van der Waals surface area contributed by atoms with E-state index in [-0.39, 0.29) is 6.17 Å². The van der Waals surface area contributed by atoms with E-state index in [1.54, 1.807) is 0 Å². The smallest absolute Gasteiger partial charge is 0.157 e. The normalized spacial score (nSPS) is 18.0. The van der Waals surface area contributed by atoms with Crippen LogP contribution in [0.15, 0.2) is 229 Å². The highest BCUT2D eigenvalue weighted by Crippen LogP contribution is 2.57. The Kier molecular flexibility index (Phi) is 7.81. The molecule has 0 N–H and O–H groups in total. The van der Waals surface area contributed by atoms with Gasteiger partial charge in [0.05, 0.1) is 22.1 Å². The number of hydrogen-bond donors (Lipinski definition) is 0. The van der Waals surface area contributed by atoms with Gasteiger partial charge in [0.25, 0.3) is 0 Å². The third-order valence-corrected chi connectivity index (χ3v) is 13.3. The monoisotopic (exact) mass is 807 g/mol. The van der Waals surface area contributed by atoms with Crippen molar-refractivity contribution in [3.8, 4) is 33.6 Å². The number of para-hydroxylation sites is 3. The fourth-order valence-corrected chi connectivity index (χ4v) is 10.3. The zero-order valence-corrected chi connectivity index (χ0v) is 34.7. The molecule has 2 aliphatic heterocycles. The second kappa shape index (κ2) is 13.8. The Balaban J connectivity index is 0.863. The SMILES string of the molecule is CC1(c2cccc(-n3c4ccccc4c4cc(-c5ccc(-c6ccc7c(c6)c6ccccc6n7-c6ccccc6)cc5)ccc43)c2)N=C(c2ccccc2)N2C(c3ccccc3)N21. The molecule has 0 amide bonds. The Hall–Kier alpha value is -7.99. The molecule has 0 aliphatic carbocycles. The van der Waals surface area contributed by atoms with Crippen molar-refractivity contribution in [3.05, 3.63) is 241 Å². The van der Waals surface area contributed by atoms with E-state index in [1.165, 1.54) is 77.1 Å². The Labute approximate surface area is 365 Å². The third-order valence-electron chi connectivity index (χ3n) is 13.3. The molecule has 63 heavy (non-hydrogen) atoms. The average Bonchev–Trinajstić information content (AvgIpc) is 3.74. The topological polar surface area (TPSA) is 28.2 Å². The maximum atomic E-state index is 5.48. The number of nitrogens with zero attached hydrogens (tertiary/aromatic N) is 5. The van der Waals surface area contributed by atoms with Crippen LogP contribution in [0.1, 0.15) is 29.8 Å². The molecule has 0 saturated carbocycles. The van der Waals surface area contributed by atoms with Crippen LogP contribution in [0.25, 0.3) is 77.2 Å². The number of aliphatic imine (C=N–C) groups is 1. The van der Waals surface area contributed by atoms with E-state index >= 15 is 0 Å². The highest BCUT2D eigenvalue weighted by molar-refractivity contribution is 6.12. The molecule has 13 rings (SSSR count). The summed E-state index contributed by atoms with van der Waals surface area (Å²) < 4.78 is 4.79. The summed E-state index contributed by atoms with van der Waals surface area (Å²) in [6.45, 7) is 2.25. The minimum absolute atomic E-state index is 0.116. The van der Waals surface area contributed by atoms with Crippen LogP contribution in [0.5, 0.6) is 0 Å². The van der Waals surface area contributed by atoms with E-state index in [0.717, 1.165) is 22.6 Å². The van der Waals surface area contributed by atoms with Crippen molar-refractivity contribution in [3.63, 3.8) is 0 Å². The predicted molar refractivity (Wildman–Crippen MR) is 259 cm³/mol. The van der Waals surface area contributed by atoms with Gasteiger partial charge in [-0.05, 0) is 101 Å². The first-order chi connectivity index (χ1) is 31.1. The molecule has 3 atom stereocenters. The van der Waals surface area contributed by atoms with Crippen LogP contribution in [0.4, 0.5) is 0 Å². The summed E-state index contributed by atoms with van der Waals surface area (Å²) in [5.41, 5.74) is 14.8. The molecule has 1 saturated heterocycles. The fraction of sp³-hybridized carbons (Fsp3) is 0.0517. The van der Waals surface area contributed by atoms with Crippen LogP contribution in [0, 0.1) is 0 Å². The van der Waals surface area contributed by atoms with Gasteiger partial charge in [-0.15, -0.1) is 0 Å². The largest absolute Gasteiger partial charge is 0.309 e. The van der Waals surface area contributed by atoms with Gasteiger partial charge >= 0.3 is 0 Å². The molecule has 11 aromatic rings. The predicted octanol–water partition coefficient (Wildman–Crippen LogP) is 14.1. The van der Waals surface area contributed by atoms with Crippen LogP contribution in [0.3, 0.4) is 0 Å². The van der Waals surface area contributed by atoms with E-state index in [9.17, 15) is 0 Å². The van der Waals surface area contributed by atoms with Crippen LogP contribution < -0.4 is 0 Å². The van der Waals surface area contributed by atoms with Crippen molar-refractivity contribution in [2.24, 2.45) is 4.99 Å². The summed E-state index contributed by atoms with van der Waals surface area (Å²) in [7, 11) is 0. The summed E-state index contributed by atoms with van der Waals surface area (Å²) in [4.78, 5) is 5.48. The summed E-state index contributed by atoms with van der Waals surface area (Å²) in [5, 5.41) is 9.77. The Morgan fingerprint density at radius 3 is 1.46 bits per heavy atom. The summed E-state index contributed by atoms with van der Waals surface area (Å²) in [5.74, 6) is 1.00. The highest BCUT2D eigenvalue weighted by atomic mass is 15.9. The van der Waals surface area contributed by atoms with Gasteiger partial charge in [0, 0.05) is 38.5 Å². The van der Waals surface area contributed by atoms with Crippen LogP contribution >= 0.6 is 0 Å². The van der Waals surface area contributed by atoms with Gasteiger partial charge in [0.2, 0.25) is 0 Å². The molecule has 2 aliphatic rings. The maximum absolute atomic E-state index is 5.48. The second-order valence-electron chi connectivity index (χ2n) is 16.9. The van der Waals surface area contributed by atoms with Gasteiger partial charge in [0.15, 0.2) is 5.66 Å². The third kappa shape index (κ3) is 5.50. The number of hydrogen-bond acceptors (Lipinski definition) is 3. The van der Waals surface area contributed by atoms with Crippen LogP contribution in [0.2, 0.25) is 0 Å². The molecule has 1 fully saturated rings. The first-order valence-corrected chi connectivity index (χ1v) is 21.7. The number of aromatic nitrogens is 2. The van der Waals surface area contributed by atoms with Crippen molar-refractivity contribution in [1.29, 1.82) is 0 Å². The Morgan fingerprint density at radius 1 is 0.381 bits per heavy atom. The van der Waals surface area contributed by atoms with Crippen LogP contribution in [-0.4, -0.2) is 25.0 Å². The minimum Gasteiger partial charge on any atom is -0.309 e. The van der Waals surface area contributed by atoms with Crippen molar-refractivity contribution >= 4 is 49.4 Å². The van der Waals surface area contributed by atoms with Gasteiger partial charge in [-0.1, -0.05) is 164 Å². The first-order valence-electron chi connectivity index (χ1n) is 21.7. The molecule has 298 valence electrons. The van der Waals surface area contributed by atoms with Crippen molar-refractivity contribution < 1.29 is 0 Å². The lowest BCUT2D eigenvalue weighted by molar-refractivity contribution is 0.216. The summed E-state index contributed by atoms with van der Waals surface area (Å²) in [6.07, 6.45) is 0.116. The average molecular weight is 808 g/mol. The number of rotatable bonds is 7. The molecule has 5 nitrogen and oxygen atoms in total. The second-order valence-corrected chi connectivity index (χ2v) is 16.9. The minimum atomic E-state index is -0.591. The van der Waals surface area contributed by atoms with Gasteiger partial charge in [-0.3, -0.25) is 5.01 Å². The summed E-state index contributed by atoms with van der Waals surface area (Å²) in [6, 6.07) is 81.3. The highest BCUT2D eigenvalue weighted by Gasteiger charge is 2.63. The fourth-order valence-electron chi connectivity index (χ4n) is 10.3. The molecular formula is C58H41N5.